The van der Waals surface area contributed by atoms with Gasteiger partial charge in [0.2, 0.25) is 0 Å². The molecule has 1 unspecified atom stereocenters. The molecule has 0 aliphatic carbocycles. The van der Waals surface area contributed by atoms with Gasteiger partial charge in [0.15, 0.2) is 11.6 Å². The maximum absolute atomic E-state index is 13.7. The van der Waals surface area contributed by atoms with Crippen molar-refractivity contribution in [1.82, 2.24) is 0 Å². The molecule has 1 atom stereocenters. The molecule has 2 rings (SSSR count). The largest absolute Gasteiger partial charge is 0.207 e. The molecule has 2 aromatic carbocycles. The molecular weight excluding hydrogens is 341 g/mol. The van der Waals surface area contributed by atoms with E-state index >= 15 is 0 Å². The lowest BCUT2D eigenvalue weighted by molar-refractivity contribution is 0.498. The van der Waals surface area contributed by atoms with E-state index in [2.05, 4.69) is 15.9 Å². The van der Waals surface area contributed by atoms with Gasteiger partial charge < -0.3 is 0 Å². The van der Waals surface area contributed by atoms with Crippen LogP contribution in [0.15, 0.2) is 36.4 Å². The monoisotopic (exact) mass is 348 g/mol. The van der Waals surface area contributed by atoms with E-state index in [0.717, 1.165) is 6.07 Å². The third kappa shape index (κ3) is 3.12. The molecule has 0 fully saturated rings. The van der Waals surface area contributed by atoms with Gasteiger partial charge in [0.25, 0.3) is 0 Å². The van der Waals surface area contributed by atoms with Crippen molar-refractivity contribution in [3.63, 3.8) is 0 Å². The summed E-state index contributed by atoms with van der Waals surface area (Å²) in [7, 11) is 0. The Labute approximate surface area is 122 Å². The predicted molar refractivity (Wildman–Crippen MR) is 73.1 cm³/mol. The topological polar surface area (TPSA) is 0 Å². The first-order valence-electron chi connectivity index (χ1n) is 5.51. The second kappa shape index (κ2) is 5.97. The Morgan fingerprint density at radius 2 is 1.63 bits per heavy atom. The van der Waals surface area contributed by atoms with E-state index in [4.69, 9.17) is 11.6 Å². The first-order chi connectivity index (χ1) is 9.00. The second-order valence-electron chi connectivity index (χ2n) is 4.02. The van der Waals surface area contributed by atoms with Crippen LogP contribution in [0.3, 0.4) is 0 Å². The molecule has 0 saturated carbocycles. The SMILES string of the molecule is Fc1cccc(CC(Br)c2c(F)cccc2Cl)c1F. The highest BCUT2D eigenvalue weighted by Gasteiger charge is 2.19. The summed E-state index contributed by atoms with van der Waals surface area (Å²) in [4.78, 5) is -0.530. The molecule has 100 valence electrons. The van der Waals surface area contributed by atoms with Crippen molar-refractivity contribution < 1.29 is 13.2 Å². The van der Waals surface area contributed by atoms with Gasteiger partial charge >= 0.3 is 0 Å². The number of alkyl halides is 1. The van der Waals surface area contributed by atoms with Crippen LogP contribution in [0.4, 0.5) is 13.2 Å². The lowest BCUT2D eigenvalue weighted by atomic mass is 10.0. The molecular formula is C14H9BrClF3. The molecule has 0 aliphatic heterocycles. The van der Waals surface area contributed by atoms with Crippen LogP contribution in [0.5, 0.6) is 0 Å². The number of rotatable bonds is 3. The van der Waals surface area contributed by atoms with E-state index in [1.165, 1.54) is 24.3 Å². The Balaban J connectivity index is 2.31. The summed E-state index contributed by atoms with van der Waals surface area (Å²) >= 11 is 9.19. The van der Waals surface area contributed by atoms with Crippen LogP contribution in [0.2, 0.25) is 5.02 Å². The molecule has 0 heterocycles. The third-order valence-electron chi connectivity index (χ3n) is 2.74. The molecule has 0 spiro atoms. The molecule has 0 saturated heterocycles. The van der Waals surface area contributed by atoms with Gasteiger partial charge in [0, 0.05) is 15.4 Å². The maximum atomic E-state index is 13.7. The minimum atomic E-state index is -0.920. The Morgan fingerprint density at radius 1 is 1.00 bits per heavy atom. The minimum absolute atomic E-state index is 0.101. The molecule has 19 heavy (non-hydrogen) atoms. The van der Waals surface area contributed by atoms with Gasteiger partial charge in [-0.25, -0.2) is 13.2 Å². The summed E-state index contributed by atoms with van der Waals surface area (Å²) in [6.45, 7) is 0. The molecule has 0 bridgehead atoms. The van der Waals surface area contributed by atoms with Crippen LogP contribution in [0.1, 0.15) is 16.0 Å². The number of hydrogen-bond acceptors (Lipinski definition) is 0. The summed E-state index contributed by atoms with van der Waals surface area (Å²) in [6.07, 6.45) is 0.101. The molecule has 0 radical (unpaired) electrons. The first kappa shape index (κ1) is 14.4. The highest BCUT2D eigenvalue weighted by molar-refractivity contribution is 9.09. The van der Waals surface area contributed by atoms with Crippen molar-refractivity contribution >= 4 is 27.5 Å². The zero-order valence-electron chi connectivity index (χ0n) is 9.64. The van der Waals surface area contributed by atoms with Crippen molar-refractivity contribution in [3.8, 4) is 0 Å². The van der Waals surface area contributed by atoms with Gasteiger partial charge in [-0.05, 0) is 30.2 Å². The summed E-state index contributed by atoms with van der Waals surface area (Å²) in [5, 5.41) is 0.249. The first-order valence-corrected chi connectivity index (χ1v) is 6.81. The van der Waals surface area contributed by atoms with Crippen LogP contribution in [0, 0.1) is 17.5 Å². The molecule has 2 aromatic rings. The van der Waals surface area contributed by atoms with Gasteiger partial charge in [-0.15, -0.1) is 0 Å². The fraction of sp³-hybridized carbons (Fsp3) is 0.143. The van der Waals surface area contributed by atoms with Gasteiger partial charge in [-0.2, -0.15) is 0 Å². The van der Waals surface area contributed by atoms with E-state index in [1.54, 1.807) is 6.07 Å². The van der Waals surface area contributed by atoms with Gasteiger partial charge in [-0.3, -0.25) is 0 Å². The molecule has 5 heteroatoms. The zero-order valence-corrected chi connectivity index (χ0v) is 12.0. The van der Waals surface area contributed by atoms with Gasteiger partial charge in [-0.1, -0.05) is 45.7 Å². The summed E-state index contributed by atoms with van der Waals surface area (Å²) in [6, 6.07) is 8.23. The van der Waals surface area contributed by atoms with E-state index in [9.17, 15) is 13.2 Å². The van der Waals surface area contributed by atoms with Crippen LogP contribution < -0.4 is 0 Å². The maximum Gasteiger partial charge on any atom is 0.162 e. The Morgan fingerprint density at radius 3 is 2.32 bits per heavy atom. The highest BCUT2D eigenvalue weighted by atomic mass is 79.9. The average molecular weight is 350 g/mol. The van der Waals surface area contributed by atoms with Crippen molar-refractivity contribution in [3.05, 3.63) is 70.0 Å². The van der Waals surface area contributed by atoms with Crippen molar-refractivity contribution in [1.29, 1.82) is 0 Å². The second-order valence-corrected chi connectivity index (χ2v) is 5.53. The van der Waals surface area contributed by atoms with Crippen LogP contribution >= 0.6 is 27.5 Å². The molecule has 0 amide bonds. The van der Waals surface area contributed by atoms with E-state index in [-0.39, 0.29) is 22.6 Å². The van der Waals surface area contributed by atoms with Gasteiger partial charge in [0.1, 0.15) is 5.82 Å². The zero-order chi connectivity index (χ0) is 14.0. The number of hydrogen-bond donors (Lipinski definition) is 0. The summed E-state index contributed by atoms with van der Waals surface area (Å²) in [5.41, 5.74) is 0.411. The van der Waals surface area contributed by atoms with Crippen molar-refractivity contribution in [2.24, 2.45) is 0 Å². The average Bonchev–Trinajstić information content (AvgIpc) is 2.35. The lowest BCUT2D eigenvalue weighted by Gasteiger charge is -2.13. The number of halogens is 5. The van der Waals surface area contributed by atoms with E-state index in [0.29, 0.717) is 0 Å². The molecule has 0 aliphatic rings. The Hall–Kier alpha value is -1.00. The smallest absolute Gasteiger partial charge is 0.162 e. The fourth-order valence-electron chi connectivity index (χ4n) is 1.81. The standard InChI is InChI=1S/C14H9BrClF3/c15-9(13-10(16)4-2-5-11(13)17)7-8-3-1-6-12(18)14(8)19/h1-6,9H,7H2. The fourth-order valence-corrected chi connectivity index (χ4v) is 3.05. The molecule has 0 aromatic heterocycles. The molecule has 0 nitrogen and oxygen atoms in total. The minimum Gasteiger partial charge on any atom is -0.207 e. The van der Waals surface area contributed by atoms with E-state index in [1.807, 2.05) is 0 Å². The Bertz CT molecular complexity index is 581. The van der Waals surface area contributed by atoms with Crippen LogP contribution in [-0.2, 0) is 6.42 Å². The summed E-state index contributed by atoms with van der Waals surface area (Å²) < 4.78 is 40.4. The predicted octanol–water partition coefficient (Wildman–Crippen LogP) is 5.44. The van der Waals surface area contributed by atoms with Crippen LogP contribution in [0.25, 0.3) is 0 Å². The van der Waals surface area contributed by atoms with Crippen molar-refractivity contribution in [2.75, 3.05) is 0 Å². The van der Waals surface area contributed by atoms with E-state index < -0.39 is 22.3 Å². The highest BCUT2D eigenvalue weighted by Crippen LogP contribution is 2.34. The third-order valence-corrected chi connectivity index (χ3v) is 3.85. The van der Waals surface area contributed by atoms with Gasteiger partial charge in [0.05, 0.1) is 0 Å². The normalized spacial score (nSPS) is 12.5. The lowest BCUT2D eigenvalue weighted by Crippen LogP contribution is -2.02. The number of benzene rings is 2. The van der Waals surface area contributed by atoms with Crippen LogP contribution in [-0.4, -0.2) is 0 Å². The van der Waals surface area contributed by atoms with Crippen molar-refractivity contribution in [2.45, 2.75) is 11.2 Å². The molecule has 0 N–H and O–H groups in total. The quantitative estimate of drug-likeness (QED) is 0.648. The Kier molecular flexibility index (Phi) is 4.53. The summed E-state index contributed by atoms with van der Waals surface area (Å²) in [5.74, 6) is -2.32.